The molecule has 0 bridgehead atoms. The van der Waals surface area contributed by atoms with Gasteiger partial charge in [-0.05, 0) is 29.8 Å². The molecular formula is C14H14FN3O. The lowest BCUT2D eigenvalue weighted by Crippen LogP contribution is -2.23. The van der Waals surface area contributed by atoms with Crippen molar-refractivity contribution in [3.8, 4) is 0 Å². The number of amides is 1. The maximum atomic E-state index is 13.0. The fourth-order valence-corrected chi connectivity index (χ4v) is 1.63. The maximum Gasteiger partial charge on any atom is 0.270 e. The zero-order valence-electron chi connectivity index (χ0n) is 10.5. The smallest absolute Gasteiger partial charge is 0.270 e. The van der Waals surface area contributed by atoms with Crippen LogP contribution in [-0.4, -0.2) is 17.9 Å². The molecule has 0 saturated heterocycles. The van der Waals surface area contributed by atoms with Crippen molar-refractivity contribution >= 4 is 11.6 Å². The number of benzene rings is 1. The third-order valence-corrected chi connectivity index (χ3v) is 2.62. The predicted molar refractivity (Wildman–Crippen MR) is 71.4 cm³/mol. The number of nitrogens with zero attached hydrogens (tertiary/aromatic N) is 1. The summed E-state index contributed by atoms with van der Waals surface area (Å²) in [5, 5.41) is 5.63. The highest BCUT2D eigenvalue weighted by atomic mass is 19.1. The molecule has 1 aromatic carbocycles. The molecule has 0 aliphatic carbocycles. The van der Waals surface area contributed by atoms with Gasteiger partial charge >= 0.3 is 0 Å². The Morgan fingerprint density at radius 1 is 1.32 bits per heavy atom. The fourth-order valence-electron chi connectivity index (χ4n) is 1.63. The quantitative estimate of drug-likeness (QED) is 0.885. The summed E-state index contributed by atoms with van der Waals surface area (Å²) in [5.74, 6) is -0.608. The lowest BCUT2D eigenvalue weighted by molar-refractivity contribution is 0.0946. The Bertz CT molecular complexity index is 586. The molecule has 1 aromatic heterocycles. The molecule has 0 unspecified atom stereocenters. The molecule has 98 valence electrons. The number of rotatable bonds is 4. The number of halogens is 1. The van der Waals surface area contributed by atoms with Crippen molar-refractivity contribution in [2.24, 2.45) is 0 Å². The second-order valence-corrected chi connectivity index (χ2v) is 3.99. The molecule has 5 heteroatoms. The first-order valence-electron chi connectivity index (χ1n) is 5.85. The van der Waals surface area contributed by atoms with E-state index in [1.807, 2.05) is 0 Å². The summed E-state index contributed by atoms with van der Waals surface area (Å²) in [6.07, 6.45) is 1.56. The molecule has 4 nitrogen and oxygen atoms in total. The number of aromatic nitrogens is 1. The average Bonchev–Trinajstić information content (AvgIpc) is 2.45. The minimum absolute atomic E-state index is 0.266. The summed E-state index contributed by atoms with van der Waals surface area (Å²) >= 11 is 0. The van der Waals surface area contributed by atoms with Crippen LogP contribution in [0.25, 0.3) is 0 Å². The van der Waals surface area contributed by atoms with Crippen LogP contribution in [0.1, 0.15) is 16.1 Å². The summed E-state index contributed by atoms with van der Waals surface area (Å²) in [5.41, 5.74) is 1.84. The molecule has 19 heavy (non-hydrogen) atoms. The van der Waals surface area contributed by atoms with E-state index >= 15 is 0 Å². The van der Waals surface area contributed by atoms with E-state index in [1.54, 1.807) is 37.5 Å². The fraction of sp³-hybridized carbons (Fsp3) is 0.143. The molecule has 0 atom stereocenters. The van der Waals surface area contributed by atoms with Crippen LogP contribution in [0.3, 0.4) is 0 Å². The number of carbonyl (C=O) groups is 1. The van der Waals surface area contributed by atoms with E-state index < -0.39 is 0 Å². The zero-order chi connectivity index (χ0) is 13.7. The zero-order valence-corrected chi connectivity index (χ0v) is 10.5. The van der Waals surface area contributed by atoms with E-state index in [1.165, 1.54) is 12.1 Å². The van der Waals surface area contributed by atoms with Crippen molar-refractivity contribution in [1.82, 2.24) is 10.3 Å². The summed E-state index contributed by atoms with van der Waals surface area (Å²) in [7, 11) is 1.77. The Morgan fingerprint density at radius 3 is 2.89 bits per heavy atom. The first-order chi connectivity index (χ1) is 9.19. The number of anilines is 1. The van der Waals surface area contributed by atoms with Gasteiger partial charge < -0.3 is 10.6 Å². The molecule has 0 aliphatic rings. The summed E-state index contributed by atoms with van der Waals surface area (Å²) in [6, 6.07) is 9.53. The topological polar surface area (TPSA) is 54.0 Å². The molecule has 2 N–H and O–H groups in total. The lowest BCUT2D eigenvalue weighted by Gasteiger charge is -2.06. The van der Waals surface area contributed by atoms with Gasteiger partial charge in [-0.25, -0.2) is 4.39 Å². The molecule has 2 aromatic rings. The minimum Gasteiger partial charge on any atom is -0.388 e. The highest BCUT2D eigenvalue weighted by Crippen LogP contribution is 2.07. The second-order valence-electron chi connectivity index (χ2n) is 3.99. The van der Waals surface area contributed by atoms with Crippen molar-refractivity contribution in [2.75, 3.05) is 12.4 Å². The highest BCUT2D eigenvalue weighted by molar-refractivity contribution is 5.93. The Balaban J connectivity index is 2.01. The third-order valence-electron chi connectivity index (χ3n) is 2.62. The monoisotopic (exact) mass is 259 g/mol. The summed E-state index contributed by atoms with van der Waals surface area (Å²) < 4.78 is 13.0. The van der Waals surface area contributed by atoms with Gasteiger partial charge in [0, 0.05) is 25.5 Å². The van der Waals surface area contributed by atoms with E-state index in [2.05, 4.69) is 15.6 Å². The van der Waals surface area contributed by atoms with Gasteiger partial charge in [-0.15, -0.1) is 0 Å². The minimum atomic E-state index is -0.318. The van der Waals surface area contributed by atoms with E-state index in [0.717, 1.165) is 5.69 Å². The van der Waals surface area contributed by atoms with Crippen molar-refractivity contribution in [1.29, 1.82) is 0 Å². The molecule has 1 amide bonds. The normalized spacial score (nSPS) is 10.0. The summed E-state index contributed by atoms with van der Waals surface area (Å²) in [4.78, 5) is 15.9. The van der Waals surface area contributed by atoms with Gasteiger partial charge in [-0.2, -0.15) is 0 Å². The third kappa shape index (κ3) is 3.51. The van der Waals surface area contributed by atoms with Crippen molar-refractivity contribution < 1.29 is 9.18 Å². The van der Waals surface area contributed by atoms with Crippen molar-refractivity contribution in [2.45, 2.75) is 6.54 Å². The molecule has 2 rings (SSSR count). The van der Waals surface area contributed by atoms with Gasteiger partial charge in [0.2, 0.25) is 0 Å². The number of hydrogen-bond acceptors (Lipinski definition) is 3. The van der Waals surface area contributed by atoms with Gasteiger partial charge in [-0.3, -0.25) is 9.78 Å². The molecule has 0 saturated carbocycles. The molecule has 0 aliphatic heterocycles. The molecule has 0 fully saturated rings. The number of hydrogen-bond donors (Lipinski definition) is 2. The second kappa shape index (κ2) is 5.95. The van der Waals surface area contributed by atoms with E-state index in [0.29, 0.717) is 11.3 Å². The standard InChI is InChI=1S/C14H14FN3O/c1-16-12-5-6-17-13(8-12)14(19)18-9-10-3-2-4-11(15)7-10/h2-8H,9H2,1H3,(H,16,17)(H,18,19). The highest BCUT2D eigenvalue weighted by Gasteiger charge is 2.07. The Morgan fingerprint density at radius 2 is 2.16 bits per heavy atom. The number of carbonyl (C=O) groups excluding carboxylic acids is 1. The maximum absolute atomic E-state index is 13.0. The SMILES string of the molecule is CNc1ccnc(C(=O)NCc2cccc(F)c2)c1. The van der Waals surface area contributed by atoms with Gasteiger partial charge in [-0.1, -0.05) is 12.1 Å². The van der Waals surface area contributed by atoms with Gasteiger partial charge in [0.15, 0.2) is 0 Å². The van der Waals surface area contributed by atoms with Crippen LogP contribution in [0.4, 0.5) is 10.1 Å². The lowest BCUT2D eigenvalue weighted by atomic mass is 10.2. The van der Waals surface area contributed by atoms with E-state index in [4.69, 9.17) is 0 Å². The van der Waals surface area contributed by atoms with Gasteiger partial charge in [0.1, 0.15) is 11.5 Å². The molecular weight excluding hydrogens is 245 g/mol. The van der Waals surface area contributed by atoms with Gasteiger partial charge in [0.05, 0.1) is 0 Å². The van der Waals surface area contributed by atoms with Crippen LogP contribution in [0.5, 0.6) is 0 Å². The van der Waals surface area contributed by atoms with Crippen LogP contribution in [0.15, 0.2) is 42.6 Å². The molecule has 0 spiro atoms. The first-order valence-corrected chi connectivity index (χ1v) is 5.85. The Labute approximate surface area is 110 Å². The number of pyridine rings is 1. The van der Waals surface area contributed by atoms with E-state index in [-0.39, 0.29) is 18.3 Å². The predicted octanol–water partition coefficient (Wildman–Crippen LogP) is 2.19. The first kappa shape index (κ1) is 13.0. The molecule has 1 heterocycles. The van der Waals surface area contributed by atoms with E-state index in [9.17, 15) is 9.18 Å². The Hall–Kier alpha value is -2.43. The van der Waals surface area contributed by atoms with Crippen LogP contribution in [-0.2, 0) is 6.54 Å². The van der Waals surface area contributed by atoms with Crippen LogP contribution >= 0.6 is 0 Å². The summed E-state index contributed by atoms with van der Waals surface area (Å²) in [6.45, 7) is 0.266. The largest absolute Gasteiger partial charge is 0.388 e. The average molecular weight is 259 g/mol. The van der Waals surface area contributed by atoms with Crippen LogP contribution in [0, 0.1) is 5.82 Å². The Kier molecular flexibility index (Phi) is 4.07. The van der Waals surface area contributed by atoms with Crippen molar-refractivity contribution in [3.05, 3.63) is 59.7 Å². The van der Waals surface area contributed by atoms with Crippen molar-refractivity contribution in [3.63, 3.8) is 0 Å². The molecule has 0 radical (unpaired) electrons. The van der Waals surface area contributed by atoms with Crippen LogP contribution < -0.4 is 10.6 Å². The van der Waals surface area contributed by atoms with Crippen LogP contribution in [0.2, 0.25) is 0 Å². The van der Waals surface area contributed by atoms with Gasteiger partial charge in [0.25, 0.3) is 5.91 Å². The number of nitrogens with one attached hydrogen (secondary N) is 2.